The van der Waals surface area contributed by atoms with Gasteiger partial charge >= 0.3 is 6.03 Å². The van der Waals surface area contributed by atoms with E-state index in [1.54, 1.807) is 0 Å². The molecule has 6 heteroatoms. The molecule has 0 saturated carbocycles. The van der Waals surface area contributed by atoms with Gasteiger partial charge in [-0.3, -0.25) is 0 Å². The topological polar surface area (TPSA) is 64.6 Å². The van der Waals surface area contributed by atoms with Gasteiger partial charge in [0.25, 0.3) is 0 Å². The Morgan fingerprint density at radius 2 is 2.30 bits per heavy atom. The second kappa shape index (κ2) is 7.02. The van der Waals surface area contributed by atoms with Gasteiger partial charge in [0.15, 0.2) is 0 Å². The maximum absolute atomic E-state index is 12.0. The number of carbonyl (C=O) groups is 1. The number of hydrogen-bond donors (Lipinski definition) is 3. The third kappa shape index (κ3) is 3.65. The standard InChI is InChI=1S/C17H21N3O2S/c1-2-20-8-7-12-5-6-13(10-14(12)20)19-17(22)18-11-15(21)16-4-3-9-23-16/h3-6,9-10,15,21H,2,7-8,11H2,1H3,(H2,18,19,22). The molecule has 23 heavy (non-hydrogen) atoms. The molecular weight excluding hydrogens is 310 g/mol. The van der Waals surface area contributed by atoms with E-state index >= 15 is 0 Å². The van der Waals surface area contributed by atoms with Gasteiger partial charge in [0.05, 0.1) is 6.54 Å². The van der Waals surface area contributed by atoms with E-state index in [2.05, 4.69) is 28.5 Å². The smallest absolute Gasteiger partial charge is 0.319 e. The van der Waals surface area contributed by atoms with Gasteiger partial charge in [-0.2, -0.15) is 0 Å². The molecular formula is C17H21N3O2S. The predicted molar refractivity (Wildman–Crippen MR) is 94.3 cm³/mol. The number of anilines is 2. The third-order valence-electron chi connectivity index (χ3n) is 4.04. The molecule has 2 amide bonds. The van der Waals surface area contributed by atoms with Crippen molar-refractivity contribution in [2.45, 2.75) is 19.4 Å². The molecule has 0 aliphatic carbocycles. The first-order chi connectivity index (χ1) is 11.2. The van der Waals surface area contributed by atoms with Gasteiger partial charge in [-0.15, -0.1) is 11.3 Å². The number of hydrogen-bond acceptors (Lipinski definition) is 4. The van der Waals surface area contributed by atoms with Crippen LogP contribution in [0, 0.1) is 0 Å². The maximum atomic E-state index is 12.0. The summed E-state index contributed by atoms with van der Waals surface area (Å²) in [6.45, 7) is 4.33. The monoisotopic (exact) mass is 331 g/mol. The summed E-state index contributed by atoms with van der Waals surface area (Å²) in [5, 5.41) is 17.4. The average Bonchev–Trinajstić information content (AvgIpc) is 3.21. The van der Waals surface area contributed by atoms with E-state index in [-0.39, 0.29) is 12.6 Å². The highest BCUT2D eigenvalue weighted by atomic mass is 32.1. The fourth-order valence-electron chi connectivity index (χ4n) is 2.80. The lowest BCUT2D eigenvalue weighted by molar-refractivity contribution is 0.178. The minimum atomic E-state index is -0.670. The molecule has 3 N–H and O–H groups in total. The van der Waals surface area contributed by atoms with Crippen LogP contribution in [0.5, 0.6) is 0 Å². The zero-order valence-corrected chi connectivity index (χ0v) is 13.9. The zero-order valence-electron chi connectivity index (χ0n) is 13.1. The molecule has 2 aromatic rings. The SMILES string of the molecule is CCN1CCc2ccc(NC(=O)NCC(O)c3cccs3)cc21. The number of likely N-dealkylation sites (N-methyl/N-ethyl adjacent to an activating group) is 1. The van der Waals surface area contributed by atoms with Crippen molar-refractivity contribution in [3.63, 3.8) is 0 Å². The highest BCUT2D eigenvalue weighted by Gasteiger charge is 2.18. The van der Waals surface area contributed by atoms with Crippen molar-refractivity contribution < 1.29 is 9.90 Å². The number of nitrogens with one attached hydrogen (secondary N) is 2. The second-order valence-electron chi connectivity index (χ2n) is 5.54. The molecule has 1 aromatic heterocycles. The number of urea groups is 1. The summed E-state index contributed by atoms with van der Waals surface area (Å²) in [4.78, 5) is 15.1. The maximum Gasteiger partial charge on any atom is 0.319 e. The molecule has 1 atom stereocenters. The van der Waals surface area contributed by atoms with Crippen LogP contribution >= 0.6 is 11.3 Å². The minimum Gasteiger partial charge on any atom is -0.386 e. The van der Waals surface area contributed by atoms with Crippen LogP contribution in [0.4, 0.5) is 16.2 Å². The van der Waals surface area contributed by atoms with Crippen molar-refractivity contribution in [1.29, 1.82) is 0 Å². The van der Waals surface area contributed by atoms with E-state index in [1.807, 2.05) is 29.6 Å². The number of benzene rings is 1. The average molecular weight is 331 g/mol. The van der Waals surface area contributed by atoms with Crippen LogP contribution in [-0.2, 0) is 6.42 Å². The first-order valence-electron chi connectivity index (χ1n) is 7.81. The lowest BCUT2D eigenvalue weighted by Gasteiger charge is -2.17. The van der Waals surface area contributed by atoms with Crippen molar-refractivity contribution in [2.24, 2.45) is 0 Å². The molecule has 1 aliphatic heterocycles. The molecule has 5 nitrogen and oxygen atoms in total. The number of aliphatic hydroxyl groups excluding tert-OH is 1. The molecule has 0 fully saturated rings. The first-order valence-corrected chi connectivity index (χ1v) is 8.69. The second-order valence-corrected chi connectivity index (χ2v) is 6.52. The largest absolute Gasteiger partial charge is 0.386 e. The number of nitrogens with zero attached hydrogens (tertiary/aromatic N) is 1. The number of fused-ring (bicyclic) bond motifs is 1. The fourth-order valence-corrected chi connectivity index (χ4v) is 3.51. The lowest BCUT2D eigenvalue weighted by atomic mass is 10.1. The Morgan fingerprint density at radius 1 is 1.43 bits per heavy atom. The Bertz CT molecular complexity index is 672. The van der Waals surface area contributed by atoms with Crippen LogP contribution in [0.15, 0.2) is 35.7 Å². The highest BCUT2D eigenvalue weighted by molar-refractivity contribution is 7.10. The summed E-state index contributed by atoms with van der Waals surface area (Å²) >= 11 is 1.48. The van der Waals surface area contributed by atoms with Gasteiger partial charge in [0.1, 0.15) is 6.10 Å². The molecule has 122 valence electrons. The van der Waals surface area contributed by atoms with E-state index in [9.17, 15) is 9.90 Å². The van der Waals surface area contributed by atoms with Crippen LogP contribution in [0.3, 0.4) is 0 Å². The van der Waals surface area contributed by atoms with Gasteiger partial charge in [-0.05, 0) is 42.5 Å². The van der Waals surface area contributed by atoms with Crippen LogP contribution in [0.1, 0.15) is 23.5 Å². The van der Waals surface area contributed by atoms with Crippen LogP contribution in [0.2, 0.25) is 0 Å². The van der Waals surface area contributed by atoms with Crippen LogP contribution in [-0.4, -0.2) is 30.8 Å². The number of thiophene rings is 1. The van der Waals surface area contributed by atoms with Gasteiger partial charge in [0.2, 0.25) is 0 Å². The van der Waals surface area contributed by atoms with E-state index in [0.29, 0.717) is 0 Å². The highest BCUT2D eigenvalue weighted by Crippen LogP contribution is 2.30. The zero-order chi connectivity index (χ0) is 16.2. The van der Waals surface area contributed by atoms with Crippen molar-refractivity contribution in [3.8, 4) is 0 Å². The van der Waals surface area contributed by atoms with Gasteiger partial charge in [-0.1, -0.05) is 12.1 Å². The van der Waals surface area contributed by atoms with Crippen molar-refractivity contribution >= 4 is 28.7 Å². The van der Waals surface area contributed by atoms with Crippen LogP contribution in [0.25, 0.3) is 0 Å². The molecule has 0 spiro atoms. The van der Waals surface area contributed by atoms with E-state index in [0.717, 1.165) is 30.1 Å². The van der Waals surface area contributed by atoms with Crippen molar-refractivity contribution in [3.05, 3.63) is 46.2 Å². The molecule has 3 rings (SSSR count). The Morgan fingerprint density at radius 3 is 3.04 bits per heavy atom. The summed E-state index contributed by atoms with van der Waals surface area (Å²) in [6.07, 6.45) is 0.388. The van der Waals surface area contributed by atoms with E-state index < -0.39 is 6.10 Å². The van der Waals surface area contributed by atoms with Gasteiger partial charge < -0.3 is 20.6 Å². The normalized spacial score (nSPS) is 14.4. The third-order valence-corrected chi connectivity index (χ3v) is 5.02. The lowest BCUT2D eigenvalue weighted by Crippen LogP contribution is -2.32. The minimum absolute atomic E-state index is 0.193. The number of amides is 2. The summed E-state index contributed by atoms with van der Waals surface area (Å²) in [5.41, 5.74) is 3.29. The fraction of sp³-hybridized carbons (Fsp3) is 0.353. The van der Waals surface area contributed by atoms with E-state index in [1.165, 1.54) is 22.6 Å². The molecule has 1 aliphatic rings. The van der Waals surface area contributed by atoms with Gasteiger partial charge in [-0.25, -0.2) is 4.79 Å². The predicted octanol–water partition coefficient (Wildman–Crippen LogP) is 2.99. The Labute approximate surface area is 139 Å². The van der Waals surface area contributed by atoms with Gasteiger partial charge in [0, 0.05) is 29.3 Å². The Kier molecular flexibility index (Phi) is 4.83. The van der Waals surface area contributed by atoms with Crippen molar-refractivity contribution in [1.82, 2.24) is 5.32 Å². The molecule has 0 saturated heterocycles. The summed E-state index contributed by atoms with van der Waals surface area (Å²) < 4.78 is 0. The molecule has 0 bridgehead atoms. The van der Waals surface area contributed by atoms with E-state index in [4.69, 9.17) is 0 Å². The number of carbonyl (C=O) groups excluding carboxylic acids is 1. The summed E-state index contributed by atoms with van der Waals surface area (Å²) in [7, 11) is 0. The first kappa shape index (κ1) is 15.8. The molecule has 1 aromatic carbocycles. The molecule has 0 radical (unpaired) electrons. The molecule has 1 unspecified atom stereocenters. The quantitative estimate of drug-likeness (QED) is 0.789. The van der Waals surface area contributed by atoms with Crippen molar-refractivity contribution in [2.75, 3.05) is 29.9 Å². The summed E-state index contributed by atoms with van der Waals surface area (Å²) in [5.74, 6) is 0. The Hall–Kier alpha value is -2.05. The Balaban J connectivity index is 1.56. The summed E-state index contributed by atoms with van der Waals surface area (Å²) in [6, 6.07) is 9.44. The molecule has 2 heterocycles. The van der Waals surface area contributed by atoms with Crippen LogP contribution < -0.4 is 15.5 Å². The number of rotatable bonds is 5. The number of aliphatic hydroxyl groups is 1.